The van der Waals surface area contributed by atoms with Crippen molar-refractivity contribution in [1.82, 2.24) is 5.32 Å². The summed E-state index contributed by atoms with van der Waals surface area (Å²) in [5.41, 5.74) is -0.127. The molecular formula is C24H24BrFN2O4S. The lowest BCUT2D eigenvalue weighted by molar-refractivity contribution is -0.147. The van der Waals surface area contributed by atoms with Crippen molar-refractivity contribution >= 4 is 44.7 Å². The number of rotatable bonds is 4. The minimum Gasteiger partial charge on any atom is -0.469 e. The molecule has 2 aromatic carbocycles. The Morgan fingerprint density at radius 1 is 1.30 bits per heavy atom. The number of hydrogen-bond acceptors (Lipinski definition) is 6. The smallest absolute Gasteiger partial charge is 0.308 e. The SMILES string of the molecule is COC(=O)CC1CC2C(C)SC(NC(=O)c3ccccc3)=NC2(c2cc(Br)ccc2F)CO1. The van der Waals surface area contributed by atoms with Gasteiger partial charge in [0, 0.05) is 26.8 Å². The molecular weight excluding hydrogens is 511 g/mol. The van der Waals surface area contributed by atoms with Crippen LogP contribution in [0.1, 0.15) is 35.7 Å². The number of amides is 1. The lowest BCUT2D eigenvalue weighted by Crippen LogP contribution is -2.54. The minimum atomic E-state index is -1.04. The largest absolute Gasteiger partial charge is 0.469 e. The highest BCUT2D eigenvalue weighted by Crippen LogP contribution is 2.50. The van der Waals surface area contributed by atoms with Crippen molar-refractivity contribution in [3.63, 3.8) is 0 Å². The zero-order valence-corrected chi connectivity index (χ0v) is 20.6. The number of fused-ring (bicyclic) bond motifs is 1. The summed E-state index contributed by atoms with van der Waals surface area (Å²) in [4.78, 5) is 29.5. The number of nitrogens with one attached hydrogen (secondary N) is 1. The molecule has 0 aliphatic carbocycles. The van der Waals surface area contributed by atoms with Gasteiger partial charge in [-0.25, -0.2) is 9.38 Å². The van der Waals surface area contributed by atoms with Crippen LogP contribution >= 0.6 is 27.7 Å². The molecule has 4 rings (SSSR count). The van der Waals surface area contributed by atoms with Crippen LogP contribution < -0.4 is 5.32 Å². The lowest BCUT2D eigenvalue weighted by atomic mass is 9.72. The maximum absolute atomic E-state index is 15.1. The Bertz CT molecular complexity index is 1080. The van der Waals surface area contributed by atoms with Gasteiger partial charge in [0.15, 0.2) is 5.17 Å². The van der Waals surface area contributed by atoms with Crippen molar-refractivity contribution in [2.75, 3.05) is 13.7 Å². The molecule has 1 amide bonds. The molecule has 2 aliphatic heterocycles. The summed E-state index contributed by atoms with van der Waals surface area (Å²) >= 11 is 4.88. The first-order chi connectivity index (χ1) is 15.8. The van der Waals surface area contributed by atoms with E-state index < -0.39 is 11.4 Å². The van der Waals surface area contributed by atoms with E-state index in [1.54, 1.807) is 36.4 Å². The maximum Gasteiger partial charge on any atom is 0.308 e. The number of aliphatic imine (C=N–C) groups is 1. The average Bonchev–Trinajstić information content (AvgIpc) is 2.81. The van der Waals surface area contributed by atoms with Gasteiger partial charge in [-0.2, -0.15) is 0 Å². The zero-order chi connectivity index (χ0) is 23.6. The van der Waals surface area contributed by atoms with Gasteiger partial charge >= 0.3 is 5.97 Å². The summed E-state index contributed by atoms with van der Waals surface area (Å²) < 4.78 is 26.7. The average molecular weight is 535 g/mol. The fraction of sp³-hybridized carbons (Fsp3) is 0.375. The third kappa shape index (κ3) is 5.00. The molecule has 1 saturated heterocycles. The Labute approximate surface area is 204 Å². The molecule has 0 spiro atoms. The summed E-state index contributed by atoms with van der Waals surface area (Å²) in [5, 5.41) is 3.29. The van der Waals surface area contributed by atoms with Gasteiger partial charge in [-0.05, 0) is 36.8 Å². The van der Waals surface area contributed by atoms with Gasteiger partial charge in [-0.1, -0.05) is 52.8 Å². The van der Waals surface area contributed by atoms with Crippen molar-refractivity contribution in [3.05, 3.63) is 69.9 Å². The van der Waals surface area contributed by atoms with Gasteiger partial charge in [0.1, 0.15) is 11.4 Å². The van der Waals surface area contributed by atoms with Crippen molar-refractivity contribution in [1.29, 1.82) is 0 Å². The van der Waals surface area contributed by atoms with E-state index in [0.717, 1.165) is 4.47 Å². The number of hydrogen-bond donors (Lipinski definition) is 1. The zero-order valence-electron chi connectivity index (χ0n) is 18.2. The third-order valence-electron chi connectivity index (χ3n) is 6.11. The first-order valence-corrected chi connectivity index (χ1v) is 12.3. The number of thioether (sulfide) groups is 1. The van der Waals surface area contributed by atoms with Crippen molar-refractivity contribution in [2.45, 2.75) is 36.7 Å². The van der Waals surface area contributed by atoms with E-state index in [-0.39, 0.29) is 42.2 Å². The predicted molar refractivity (Wildman–Crippen MR) is 129 cm³/mol. The lowest BCUT2D eigenvalue weighted by Gasteiger charge is -2.49. The molecule has 6 nitrogen and oxygen atoms in total. The Kier molecular flexibility index (Phi) is 7.21. The first-order valence-electron chi connectivity index (χ1n) is 10.6. The number of halogens is 2. The molecule has 0 aromatic heterocycles. The number of carbonyl (C=O) groups excluding carboxylic acids is 2. The molecule has 2 heterocycles. The quantitative estimate of drug-likeness (QED) is 0.576. The van der Waals surface area contributed by atoms with Crippen LogP contribution in [0.3, 0.4) is 0 Å². The van der Waals surface area contributed by atoms with Gasteiger partial charge in [0.2, 0.25) is 0 Å². The summed E-state index contributed by atoms with van der Waals surface area (Å²) in [5.74, 6) is -1.14. The van der Waals surface area contributed by atoms with Gasteiger partial charge < -0.3 is 14.8 Å². The topological polar surface area (TPSA) is 77.0 Å². The van der Waals surface area contributed by atoms with E-state index in [9.17, 15) is 9.59 Å². The van der Waals surface area contributed by atoms with E-state index in [2.05, 4.69) is 21.2 Å². The van der Waals surface area contributed by atoms with Crippen LogP contribution in [0.2, 0.25) is 0 Å². The van der Waals surface area contributed by atoms with Crippen molar-refractivity contribution < 1.29 is 23.5 Å². The molecule has 0 saturated carbocycles. The van der Waals surface area contributed by atoms with Crippen LogP contribution in [0.25, 0.3) is 0 Å². The fourth-order valence-electron chi connectivity index (χ4n) is 4.45. The third-order valence-corrected chi connectivity index (χ3v) is 7.72. The van der Waals surface area contributed by atoms with E-state index in [1.807, 2.05) is 13.0 Å². The Balaban J connectivity index is 1.72. The van der Waals surface area contributed by atoms with E-state index in [0.29, 0.717) is 22.7 Å². The summed E-state index contributed by atoms with van der Waals surface area (Å²) in [6, 6.07) is 13.6. The predicted octanol–water partition coefficient (Wildman–Crippen LogP) is 4.67. The number of esters is 1. The van der Waals surface area contributed by atoms with Gasteiger partial charge in [-0.3, -0.25) is 9.59 Å². The molecule has 9 heteroatoms. The molecule has 1 fully saturated rings. The Morgan fingerprint density at radius 3 is 2.79 bits per heavy atom. The molecule has 0 radical (unpaired) electrons. The Hall–Kier alpha value is -2.23. The van der Waals surface area contributed by atoms with Crippen LogP contribution in [0.5, 0.6) is 0 Å². The van der Waals surface area contributed by atoms with Crippen LogP contribution in [0, 0.1) is 11.7 Å². The van der Waals surface area contributed by atoms with Crippen LogP contribution in [0.4, 0.5) is 4.39 Å². The molecule has 174 valence electrons. The summed E-state index contributed by atoms with van der Waals surface area (Å²) in [7, 11) is 1.34. The highest BCUT2D eigenvalue weighted by Gasteiger charge is 2.52. The summed E-state index contributed by atoms with van der Waals surface area (Å²) in [6.45, 7) is 2.12. The van der Waals surface area contributed by atoms with Crippen molar-refractivity contribution in [3.8, 4) is 0 Å². The normalized spacial score (nSPS) is 26.7. The van der Waals surface area contributed by atoms with Crippen molar-refractivity contribution in [2.24, 2.45) is 10.9 Å². The molecule has 2 aromatic rings. The van der Waals surface area contributed by atoms with Crippen LogP contribution in [0.15, 0.2) is 58.0 Å². The van der Waals surface area contributed by atoms with Gasteiger partial charge in [-0.15, -0.1) is 0 Å². The second-order valence-corrected chi connectivity index (χ2v) is 10.4. The molecule has 33 heavy (non-hydrogen) atoms. The molecule has 0 bridgehead atoms. The number of benzene rings is 2. The van der Waals surface area contributed by atoms with Crippen LogP contribution in [-0.2, 0) is 19.8 Å². The maximum atomic E-state index is 15.1. The highest BCUT2D eigenvalue weighted by atomic mass is 79.9. The molecule has 4 atom stereocenters. The monoisotopic (exact) mass is 534 g/mol. The second kappa shape index (κ2) is 9.95. The number of amidine groups is 1. The molecule has 1 N–H and O–H groups in total. The minimum absolute atomic E-state index is 0.0176. The van der Waals surface area contributed by atoms with E-state index in [1.165, 1.54) is 24.9 Å². The van der Waals surface area contributed by atoms with E-state index >= 15 is 4.39 Å². The van der Waals surface area contributed by atoms with Crippen LogP contribution in [-0.4, -0.2) is 42.1 Å². The second-order valence-electron chi connectivity index (χ2n) is 8.16. The standard InChI is InChI=1S/C24H24BrFN2O4S/c1-14-18-11-17(12-21(29)31-2)32-13-24(18,19-10-16(25)8-9-20(19)26)28-23(33-14)27-22(30)15-6-4-3-5-7-15/h3-10,14,17-18H,11-13H2,1-2H3,(H,27,28,30). The summed E-state index contributed by atoms with van der Waals surface area (Å²) in [6.07, 6.45) is 0.297. The van der Waals surface area contributed by atoms with Gasteiger partial charge in [0.05, 0.1) is 26.2 Å². The number of nitrogens with zero attached hydrogens (tertiary/aromatic N) is 1. The number of carbonyl (C=O) groups is 2. The first kappa shape index (κ1) is 23.9. The molecule has 4 unspecified atom stereocenters. The number of ether oxygens (including phenoxy) is 2. The van der Waals surface area contributed by atoms with Gasteiger partial charge in [0.25, 0.3) is 5.91 Å². The fourth-order valence-corrected chi connectivity index (χ4v) is 6.03. The molecule has 2 aliphatic rings. The highest BCUT2D eigenvalue weighted by molar-refractivity contribution is 9.10. The number of methoxy groups -OCH3 is 1. The Morgan fingerprint density at radius 2 is 2.06 bits per heavy atom. The van der Waals surface area contributed by atoms with E-state index in [4.69, 9.17) is 14.5 Å².